The predicted octanol–water partition coefficient (Wildman–Crippen LogP) is 9.14. The molecule has 2 amide bonds. The molecule has 4 heterocycles. The van der Waals surface area contributed by atoms with Crippen molar-refractivity contribution in [3.05, 3.63) is 71.1 Å². The number of likely N-dealkylation sites (tertiary alicyclic amines) is 2. The smallest absolute Gasteiger partial charge is 0.306 e. The molecule has 4 atom stereocenters. The minimum absolute atomic E-state index is 0.0272. The van der Waals surface area contributed by atoms with Gasteiger partial charge in [0.05, 0.1) is 51.0 Å². The van der Waals surface area contributed by atoms with Gasteiger partial charge in [0, 0.05) is 49.8 Å². The third kappa shape index (κ3) is 8.28. The first-order valence-electron chi connectivity index (χ1n) is 23.0. The molecule has 10 heteroatoms. The average molecular weight is 829 g/mol. The van der Waals surface area contributed by atoms with Gasteiger partial charge in [0.2, 0.25) is 11.8 Å². The lowest BCUT2D eigenvalue weighted by atomic mass is 9.75. The Morgan fingerprint density at radius 2 is 1.15 bits per heavy atom. The van der Waals surface area contributed by atoms with E-state index in [0.717, 1.165) is 61.1 Å². The van der Waals surface area contributed by atoms with E-state index in [1.165, 1.54) is 79.7 Å². The fourth-order valence-electron chi connectivity index (χ4n) is 11.5. The Labute approximate surface area is 361 Å². The monoisotopic (exact) mass is 828 g/mol. The molecule has 1 saturated carbocycles. The van der Waals surface area contributed by atoms with E-state index >= 15 is 0 Å². The van der Waals surface area contributed by atoms with Crippen LogP contribution < -0.4 is 0 Å². The van der Waals surface area contributed by atoms with Crippen molar-refractivity contribution >= 4 is 46.3 Å². The molecule has 61 heavy (non-hydrogen) atoms. The summed E-state index contributed by atoms with van der Waals surface area (Å²) in [5, 5.41) is 0. The zero-order chi connectivity index (χ0) is 43.0. The van der Waals surface area contributed by atoms with Crippen LogP contribution in [0.5, 0.6) is 0 Å². The third-order valence-corrected chi connectivity index (χ3v) is 15.0. The van der Waals surface area contributed by atoms with Crippen molar-refractivity contribution in [3.8, 4) is 11.1 Å². The highest BCUT2D eigenvalue weighted by Crippen LogP contribution is 2.55. The molecule has 2 aromatic rings. The van der Waals surface area contributed by atoms with Crippen molar-refractivity contribution in [2.75, 3.05) is 27.3 Å². The molecule has 8 rings (SSSR count). The second-order valence-corrected chi connectivity index (χ2v) is 19.1. The number of carbonyl (C=O) groups excluding carboxylic acids is 4. The standard InChI is InChI=1S/C51H64N4O6/c1-31(2)40(27-46(56)60-5)49(58)54-23-9-11-44(54)42-25-35(29-52-42)33-13-15-34(16-14-33)37-17-18-38(48-39(37)19-22-51(48)20-7-8-21-51)36-26-43(53-30-36)45-12-10-24-55(45)50(59)41(32(3)4)28-47(57)61-6/h13-18,29-32,40-41,44-45H,7-12,19-28H2,1-6H3/t40-,41-,44-,45-/m0/s1. The van der Waals surface area contributed by atoms with Gasteiger partial charge in [0.1, 0.15) is 0 Å². The molecule has 0 bridgehead atoms. The number of nitrogens with zero attached hydrogens (tertiary/aromatic N) is 4. The Morgan fingerprint density at radius 3 is 1.67 bits per heavy atom. The molecule has 2 saturated heterocycles. The number of ether oxygens (including phenoxy) is 2. The third-order valence-electron chi connectivity index (χ3n) is 15.0. The van der Waals surface area contributed by atoms with E-state index in [0.29, 0.717) is 19.5 Å². The fourth-order valence-corrected chi connectivity index (χ4v) is 11.5. The number of hydrogen-bond acceptors (Lipinski definition) is 8. The highest BCUT2D eigenvalue weighted by Gasteiger charge is 2.45. The van der Waals surface area contributed by atoms with Gasteiger partial charge < -0.3 is 19.3 Å². The molecule has 324 valence electrons. The van der Waals surface area contributed by atoms with E-state index in [4.69, 9.17) is 19.5 Å². The van der Waals surface area contributed by atoms with E-state index in [1.54, 1.807) is 0 Å². The molecule has 10 nitrogen and oxygen atoms in total. The number of aliphatic imine (C=N–C) groups is 2. The first-order valence-corrected chi connectivity index (χ1v) is 23.0. The van der Waals surface area contributed by atoms with Gasteiger partial charge in [-0.15, -0.1) is 0 Å². The highest BCUT2D eigenvalue weighted by atomic mass is 16.5. The number of allylic oxidation sites excluding steroid dienone is 2. The molecule has 2 aliphatic carbocycles. The SMILES string of the molecule is COC(=O)C[C@H](C(=O)N1CCC[C@H]1C1=NC=C(c2ccc(-c3ccc(C4=CN=C([C@@H]5CCCN5C(=O)[C@@H](CC(=O)OC)C(C)C)C4)c4c3CCC43CCCC3)cc2)C1)C(C)C. The number of amides is 2. The van der Waals surface area contributed by atoms with E-state index < -0.39 is 11.8 Å². The first-order chi connectivity index (χ1) is 29.4. The van der Waals surface area contributed by atoms with Crippen molar-refractivity contribution < 1.29 is 28.7 Å². The number of esters is 2. The molecule has 3 fully saturated rings. The summed E-state index contributed by atoms with van der Waals surface area (Å²) in [6, 6.07) is 13.6. The highest BCUT2D eigenvalue weighted by molar-refractivity contribution is 6.05. The summed E-state index contributed by atoms with van der Waals surface area (Å²) in [6.45, 7) is 9.39. The molecule has 0 N–H and O–H groups in total. The molecule has 2 aromatic carbocycles. The van der Waals surface area contributed by atoms with Crippen LogP contribution in [0.2, 0.25) is 0 Å². The van der Waals surface area contributed by atoms with E-state index in [-0.39, 0.29) is 65.9 Å². The molecule has 4 aliphatic heterocycles. The Balaban J connectivity index is 0.979. The zero-order valence-corrected chi connectivity index (χ0v) is 37.1. The van der Waals surface area contributed by atoms with Crippen LogP contribution in [-0.4, -0.2) is 84.4 Å². The van der Waals surface area contributed by atoms with Crippen LogP contribution in [0.1, 0.15) is 133 Å². The number of benzene rings is 2. The lowest BCUT2D eigenvalue weighted by Crippen LogP contribution is -2.45. The Bertz CT molecular complexity index is 2170. The Morgan fingerprint density at radius 1 is 0.656 bits per heavy atom. The fraction of sp³-hybridized carbons (Fsp3) is 0.569. The van der Waals surface area contributed by atoms with Crippen LogP contribution in [0.15, 0.2) is 58.8 Å². The molecule has 6 aliphatic rings. The second-order valence-electron chi connectivity index (χ2n) is 19.1. The van der Waals surface area contributed by atoms with Crippen LogP contribution >= 0.6 is 0 Å². The van der Waals surface area contributed by atoms with Crippen molar-refractivity contribution in [1.82, 2.24) is 9.80 Å². The van der Waals surface area contributed by atoms with Gasteiger partial charge in [-0.3, -0.25) is 29.2 Å². The summed E-state index contributed by atoms with van der Waals surface area (Å²) < 4.78 is 9.87. The molecular weight excluding hydrogens is 765 g/mol. The predicted molar refractivity (Wildman–Crippen MR) is 240 cm³/mol. The van der Waals surface area contributed by atoms with Crippen LogP contribution in [0.3, 0.4) is 0 Å². The molecule has 0 radical (unpaired) electrons. The van der Waals surface area contributed by atoms with Gasteiger partial charge in [-0.1, -0.05) is 76.9 Å². The van der Waals surface area contributed by atoms with Crippen molar-refractivity contribution in [3.63, 3.8) is 0 Å². The average Bonchev–Trinajstić information content (AvgIpc) is 4.13. The zero-order valence-electron chi connectivity index (χ0n) is 37.1. The van der Waals surface area contributed by atoms with Gasteiger partial charge in [-0.25, -0.2) is 0 Å². The maximum atomic E-state index is 13.9. The number of rotatable bonds is 13. The summed E-state index contributed by atoms with van der Waals surface area (Å²) in [5.74, 6) is -1.36. The summed E-state index contributed by atoms with van der Waals surface area (Å²) in [5.41, 5.74) is 12.7. The van der Waals surface area contributed by atoms with Gasteiger partial charge >= 0.3 is 11.9 Å². The normalized spacial score (nSPS) is 22.7. The second kappa shape index (κ2) is 17.9. The lowest BCUT2D eigenvalue weighted by molar-refractivity contribution is -0.148. The van der Waals surface area contributed by atoms with Crippen LogP contribution in [0.25, 0.3) is 22.3 Å². The molecule has 0 unspecified atom stereocenters. The number of carbonyl (C=O) groups is 4. The van der Waals surface area contributed by atoms with Crippen LogP contribution in [0, 0.1) is 23.7 Å². The van der Waals surface area contributed by atoms with Crippen molar-refractivity contribution in [1.29, 1.82) is 0 Å². The number of methoxy groups -OCH3 is 2. The molecule has 0 aromatic heterocycles. The maximum Gasteiger partial charge on any atom is 0.306 e. The number of fused-ring (bicyclic) bond motifs is 2. The van der Waals surface area contributed by atoms with Gasteiger partial charge in [-0.2, -0.15) is 0 Å². The van der Waals surface area contributed by atoms with Gasteiger partial charge in [-0.05, 0) is 113 Å². The van der Waals surface area contributed by atoms with Gasteiger partial charge in [0.15, 0.2) is 0 Å². The minimum Gasteiger partial charge on any atom is -0.469 e. The quantitative estimate of drug-likeness (QED) is 0.186. The van der Waals surface area contributed by atoms with Gasteiger partial charge in [0.25, 0.3) is 0 Å². The van der Waals surface area contributed by atoms with Crippen molar-refractivity contribution in [2.45, 2.75) is 135 Å². The largest absolute Gasteiger partial charge is 0.469 e. The molecule has 1 spiro atoms. The summed E-state index contributed by atoms with van der Waals surface area (Å²) in [6.07, 6.45) is 16.6. The maximum absolute atomic E-state index is 13.9. The summed E-state index contributed by atoms with van der Waals surface area (Å²) in [7, 11) is 2.76. The van der Waals surface area contributed by atoms with Crippen LogP contribution in [0.4, 0.5) is 0 Å². The van der Waals surface area contributed by atoms with E-state index in [1.807, 2.05) is 43.7 Å². The minimum atomic E-state index is -0.404. The van der Waals surface area contributed by atoms with E-state index in [9.17, 15) is 19.2 Å². The summed E-state index contributed by atoms with van der Waals surface area (Å²) >= 11 is 0. The summed E-state index contributed by atoms with van der Waals surface area (Å²) in [4.78, 5) is 66.0. The topological polar surface area (TPSA) is 118 Å². The Hall–Kier alpha value is -4.86. The lowest BCUT2D eigenvalue weighted by Gasteiger charge is -2.31. The first kappa shape index (κ1) is 42.8. The Kier molecular flexibility index (Phi) is 12.5. The van der Waals surface area contributed by atoms with E-state index in [2.05, 4.69) is 42.6 Å². The van der Waals surface area contributed by atoms with Crippen molar-refractivity contribution in [2.24, 2.45) is 33.7 Å². The number of hydrogen-bond donors (Lipinski definition) is 0. The van der Waals surface area contributed by atoms with Crippen LogP contribution in [-0.2, 0) is 40.5 Å². The molecular formula is C51H64N4O6.